The van der Waals surface area contributed by atoms with E-state index in [1.165, 1.54) is 71.7 Å². The maximum absolute atomic E-state index is 2.42. The van der Waals surface area contributed by atoms with Gasteiger partial charge in [-0.3, -0.25) is 0 Å². The summed E-state index contributed by atoms with van der Waals surface area (Å²) in [6.07, 6.45) is 0. The maximum atomic E-state index is 2.42. The molecule has 0 heterocycles. The van der Waals surface area contributed by atoms with E-state index in [-0.39, 0.29) is 5.41 Å². The van der Waals surface area contributed by atoms with Gasteiger partial charge >= 0.3 is 0 Å². The number of nitrogens with zero attached hydrogens (tertiary/aromatic N) is 1. The first-order valence-electron chi connectivity index (χ1n) is 16.8. The largest absolute Gasteiger partial charge is 0.310 e. The van der Waals surface area contributed by atoms with Crippen LogP contribution >= 0.6 is 0 Å². The standard InChI is InChI=1S/C47H35N/c1-47(2)43-19-9-8-17-42(43)46-44(47)20-11-21-45(46)48(38-15-4-3-5-16-38)39-27-24-33(25-28-39)40-18-10-14-37-31-36(26-29-41(37)40)35-23-22-32-12-6-7-13-34(32)30-35/h3-31H,1-2H3. The van der Waals surface area contributed by atoms with E-state index < -0.39 is 0 Å². The van der Waals surface area contributed by atoms with Gasteiger partial charge in [0, 0.05) is 22.4 Å². The lowest BCUT2D eigenvalue weighted by Gasteiger charge is -2.29. The summed E-state index contributed by atoms with van der Waals surface area (Å²) in [6, 6.07) is 64.3. The van der Waals surface area contributed by atoms with Gasteiger partial charge < -0.3 is 4.90 Å². The summed E-state index contributed by atoms with van der Waals surface area (Å²) < 4.78 is 0. The first kappa shape index (κ1) is 28.3. The first-order valence-corrected chi connectivity index (χ1v) is 16.8. The monoisotopic (exact) mass is 613 g/mol. The normalized spacial score (nSPS) is 13.0. The maximum Gasteiger partial charge on any atom is 0.0543 e. The quantitative estimate of drug-likeness (QED) is 0.187. The topological polar surface area (TPSA) is 3.24 Å². The van der Waals surface area contributed by atoms with Crippen LogP contribution in [0, 0.1) is 0 Å². The molecule has 0 amide bonds. The number of para-hydroxylation sites is 1. The molecule has 0 spiro atoms. The highest BCUT2D eigenvalue weighted by Gasteiger charge is 2.37. The van der Waals surface area contributed by atoms with Crippen LogP contribution < -0.4 is 4.90 Å². The summed E-state index contributed by atoms with van der Waals surface area (Å²) in [6.45, 7) is 4.69. The number of anilines is 3. The molecule has 8 aromatic rings. The summed E-state index contributed by atoms with van der Waals surface area (Å²) in [5.74, 6) is 0. The summed E-state index contributed by atoms with van der Waals surface area (Å²) >= 11 is 0. The molecule has 0 fully saturated rings. The fourth-order valence-corrected chi connectivity index (χ4v) is 7.80. The zero-order valence-electron chi connectivity index (χ0n) is 27.2. The molecule has 1 nitrogen and oxygen atoms in total. The third-order valence-corrected chi connectivity index (χ3v) is 10.2. The van der Waals surface area contributed by atoms with E-state index in [0.717, 1.165) is 11.4 Å². The Labute approximate surface area is 282 Å². The molecule has 0 unspecified atom stereocenters. The van der Waals surface area contributed by atoms with Crippen LogP contribution in [0.1, 0.15) is 25.0 Å². The molecule has 1 aliphatic rings. The summed E-state index contributed by atoms with van der Waals surface area (Å²) in [5.41, 5.74) is 13.8. The van der Waals surface area contributed by atoms with Crippen LogP contribution in [0.2, 0.25) is 0 Å². The van der Waals surface area contributed by atoms with Crippen LogP contribution in [0.25, 0.3) is 54.9 Å². The molecule has 0 radical (unpaired) electrons. The highest BCUT2D eigenvalue weighted by molar-refractivity contribution is 6.00. The molecule has 0 aromatic heterocycles. The van der Waals surface area contributed by atoms with E-state index in [9.17, 15) is 0 Å². The zero-order valence-corrected chi connectivity index (χ0v) is 27.2. The van der Waals surface area contributed by atoms with Crippen molar-refractivity contribution >= 4 is 38.6 Å². The lowest BCUT2D eigenvalue weighted by atomic mass is 9.82. The van der Waals surface area contributed by atoms with Crippen molar-refractivity contribution in [3.63, 3.8) is 0 Å². The Morgan fingerprint density at radius 1 is 0.396 bits per heavy atom. The minimum Gasteiger partial charge on any atom is -0.310 e. The second-order valence-electron chi connectivity index (χ2n) is 13.4. The van der Waals surface area contributed by atoms with Crippen molar-refractivity contribution in [2.45, 2.75) is 19.3 Å². The molecule has 0 bridgehead atoms. The SMILES string of the molecule is CC1(C)c2ccccc2-c2c(N(c3ccccc3)c3ccc(-c4cccc5cc(-c6ccc7ccccc7c6)ccc45)cc3)cccc21. The second kappa shape index (κ2) is 11.1. The van der Waals surface area contributed by atoms with Crippen LogP contribution in [0.4, 0.5) is 17.1 Å². The number of benzene rings is 8. The second-order valence-corrected chi connectivity index (χ2v) is 13.4. The summed E-state index contributed by atoms with van der Waals surface area (Å²) in [4.78, 5) is 2.42. The fourth-order valence-electron chi connectivity index (χ4n) is 7.80. The van der Waals surface area contributed by atoms with E-state index >= 15 is 0 Å². The molecule has 1 aliphatic carbocycles. The molecule has 228 valence electrons. The average molecular weight is 614 g/mol. The Morgan fingerprint density at radius 3 is 1.81 bits per heavy atom. The van der Waals surface area contributed by atoms with Gasteiger partial charge in [-0.2, -0.15) is 0 Å². The Kier molecular flexibility index (Phi) is 6.55. The summed E-state index contributed by atoms with van der Waals surface area (Å²) in [5, 5.41) is 5.04. The predicted molar refractivity (Wildman–Crippen MR) is 205 cm³/mol. The van der Waals surface area contributed by atoms with Crippen molar-refractivity contribution in [3.8, 4) is 33.4 Å². The van der Waals surface area contributed by atoms with Gasteiger partial charge in [-0.1, -0.05) is 147 Å². The van der Waals surface area contributed by atoms with Gasteiger partial charge in [0.2, 0.25) is 0 Å². The average Bonchev–Trinajstić information content (AvgIpc) is 3.38. The van der Waals surface area contributed by atoms with Crippen molar-refractivity contribution in [2.75, 3.05) is 4.90 Å². The molecular formula is C47H35N. The minimum absolute atomic E-state index is 0.0588. The van der Waals surface area contributed by atoms with Crippen LogP contribution in [0.5, 0.6) is 0 Å². The number of fused-ring (bicyclic) bond motifs is 5. The van der Waals surface area contributed by atoms with Crippen LogP contribution in [-0.4, -0.2) is 0 Å². The molecule has 0 aliphatic heterocycles. The van der Waals surface area contributed by atoms with E-state index in [4.69, 9.17) is 0 Å². The Balaban J connectivity index is 1.13. The lowest BCUT2D eigenvalue weighted by molar-refractivity contribution is 0.660. The zero-order chi connectivity index (χ0) is 32.2. The fraction of sp³-hybridized carbons (Fsp3) is 0.0638. The molecule has 9 rings (SSSR count). The predicted octanol–water partition coefficient (Wildman–Crippen LogP) is 13.1. The number of hydrogen-bond donors (Lipinski definition) is 0. The van der Waals surface area contributed by atoms with Gasteiger partial charge in [0.15, 0.2) is 0 Å². The van der Waals surface area contributed by atoms with Crippen LogP contribution in [-0.2, 0) is 5.41 Å². The van der Waals surface area contributed by atoms with Crippen LogP contribution in [0.15, 0.2) is 176 Å². The molecule has 0 saturated carbocycles. The van der Waals surface area contributed by atoms with E-state index in [0.29, 0.717) is 0 Å². The molecule has 0 saturated heterocycles. The van der Waals surface area contributed by atoms with Gasteiger partial charge in [0.05, 0.1) is 5.69 Å². The van der Waals surface area contributed by atoms with Crippen molar-refractivity contribution in [3.05, 3.63) is 187 Å². The molecule has 0 N–H and O–H groups in total. The van der Waals surface area contributed by atoms with Crippen LogP contribution in [0.3, 0.4) is 0 Å². The molecule has 48 heavy (non-hydrogen) atoms. The van der Waals surface area contributed by atoms with E-state index in [1.54, 1.807) is 0 Å². The van der Waals surface area contributed by atoms with E-state index in [2.05, 4.69) is 195 Å². The number of rotatable bonds is 5. The molecule has 8 aromatic carbocycles. The Hall–Kier alpha value is -5.92. The van der Waals surface area contributed by atoms with Crippen molar-refractivity contribution in [2.24, 2.45) is 0 Å². The molecule has 1 heteroatoms. The third kappa shape index (κ3) is 4.54. The van der Waals surface area contributed by atoms with Crippen molar-refractivity contribution in [1.82, 2.24) is 0 Å². The van der Waals surface area contributed by atoms with Gasteiger partial charge in [0.25, 0.3) is 0 Å². The smallest absolute Gasteiger partial charge is 0.0543 e. The van der Waals surface area contributed by atoms with Crippen molar-refractivity contribution < 1.29 is 0 Å². The van der Waals surface area contributed by atoms with Crippen molar-refractivity contribution in [1.29, 1.82) is 0 Å². The summed E-state index contributed by atoms with van der Waals surface area (Å²) in [7, 11) is 0. The molecular weight excluding hydrogens is 579 g/mol. The first-order chi connectivity index (χ1) is 23.6. The van der Waals surface area contributed by atoms with Gasteiger partial charge in [-0.05, 0) is 103 Å². The Bertz CT molecular complexity index is 2470. The molecule has 0 atom stereocenters. The third-order valence-electron chi connectivity index (χ3n) is 10.2. The van der Waals surface area contributed by atoms with E-state index in [1.807, 2.05) is 0 Å². The number of hydrogen-bond acceptors (Lipinski definition) is 1. The highest BCUT2D eigenvalue weighted by Crippen LogP contribution is 2.54. The Morgan fingerprint density at radius 2 is 0.979 bits per heavy atom. The highest BCUT2D eigenvalue weighted by atomic mass is 15.1. The van der Waals surface area contributed by atoms with Gasteiger partial charge in [-0.15, -0.1) is 0 Å². The van der Waals surface area contributed by atoms with Gasteiger partial charge in [-0.25, -0.2) is 0 Å². The minimum atomic E-state index is -0.0588. The lowest BCUT2D eigenvalue weighted by Crippen LogP contribution is -2.16. The van der Waals surface area contributed by atoms with Gasteiger partial charge in [0.1, 0.15) is 0 Å².